The van der Waals surface area contributed by atoms with Gasteiger partial charge in [-0.1, -0.05) is 24.3 Å². The van der Waals surface area contributed by atoms with Gasteiger partial charge in [0.1, 0.15) is 5.82 Å². The molecule has 118 valence electrons. The Kier molecular flexibility index (Phi) is 4.88. The molecule has 1 fully saturated rings. The second-order valence-corrected chi connectivity index (χ2v) is 6.26. The zero-order valence-electron chi connectivity index (χ0n) is 12.9. The van der Waals surface area contributed by atoms with Crippen molar-refractivity contribution in [2.24, 2.45) is 0 Å². The molecular formula is C18H23FN2O. The Bertz CT molecular complexity index is 570. The first-order valence-corrected chi connectivity index (χ1v) is 8.18. The zero-order valence-corrected chi connectivity index (χ0v) is 12.9. The average Bonchev–Trinajstić information content (AvgIpc) is 3.04. The van der Waals surface area contributed by atoms with E-state index in [2.05, 4.69) is 16.3 Å². The lowest BCUT2D eigenvalue weighted by Crippen LogP contribution is -2.47. The Labute approximate surface area is 131 Å². The topological polar surface area (TPSA) is 32.3 Å². The van der Waals surface area contributed by atoms with Gasteiger partial charge in [-0.25, -0.2) is 4.39 Å². The minimum absolute atomic E-state index is 0.0928. The number of amides is 1. The summed E-state index contributed by atoms with van der Waals surface area (Å²) in [6, 6.07) is 7.10. The fraction of sp³-hybridized carbons (Fsp3) is 0.500. The number of hydrogen-bond acceptors (Lipinski definition) is 2. The molecule has 1 heterocycles. The predicted molar refractivity (Wildman–Crippen MR) is 84.8 cm³/mol. The number of halogens is 1. The highest BCUT2D eigenvalue weighted by atomic mass is 19.1. The second kappa shape index (κ2) is 7.05. The summed E-state index contributed by atoms with van der Waals surface area (Å²) in [5, 5.41) is 3.15. The molecule has 1 aromatic rings. The van der Waals surface area contributed by atoms with Gasteiger partial charge >= 0.3 is 0 Å². The number of nitrogens with one attached hydrogen (secondary N) is 1. The zero-order chi connectivity index (χ0) is 15.4. The molecule has 0 spiro atoms. The SMILES string of the molecule is O=C(NC1CCCN(Cc2ccccc2F)C1)C1=CCCC1. The van der Waals surface area contributed by atoms with Gasteiger partial charge < -0.3 is 5.32 Å². The van der Waals surface area contributed by atoms with Crippen LogP contribution in [0, 0.1) is 5.82 Å². The quantitative estimate of drug-likeness (QED) is 0.927. The minimum atomic E-state index is -0.148. The fourth-order valence-electron chi connectivity index (χ4n) is 3.34. The van der Waals surface area contributed by atoms with Gasteiger partial charge in [-0.15, -0.1) is 0 Å². The van der Waals surface area contributed by atoms with Gasteiger partial charge in [0.15, 0.2) is 0 Å². The largest absolute Gasteiger partial charge is 0.348 e. The minimum Gasteiger partial charge on any atom is -0.348 e. The number of allylic oxidation sites excluding steroid dienone is 1. The Balaban J connectivity index is 1.55. The molecule has 1 aromatic carbocycles. The number of carbonyl (C=O) groups excluding carboxylic acids is 1. The number of nitrogens with zero attached hydrogens (tertiary/aromatic N) is 1. The van der Waals surface area contributed by atoms with E-state index >= 15 is 0 Å². The van der Waals surface area contributed by atoms with Crippen molar-refractivity contribution < 1.29 is 9.18 Å². The number of piperidine rings is 1. The van der Waals surface area contributed by atoms with E-state index in [0.29, 0.717) is 6.54 Å². The maximum Gasteiger partial charge on any atom is 0.247 e. The summed E-state index contributed by atoms with van der Waals surface area (Å²) in [6.07, 6.45) is 7.11. The van der Waals surface area contributed by atoms with Crippen molar-refractivity contribution in [2.75, 3.05) is 13.1 Å². The van der Waals surface area contributed by atoms with Crippen molar-refractivity contribution in [3.63, 3.8) is 0 Å². The highest BCUT2D eigenvalue weighted by Crippen LogP contribution is 2.19. The van der Waals surface area contributed by atoms with Gasteiger partial charge in [0.25, 0.3) is 0 Å². The van der Waals surface area contributed by atoms with Gasteiger partial charge in [-0.2, -0.15) is 0 Å². The van der Waals surface area contributed by atoms with Crippen molar-refractivity contribution >= 4 is 5.91 Å². The smallest absolute Gasteiger partial charge is 0.247 e. The molecule has 1 atom stereocenters. The van der Waals surface area contributed by atoms with Crippen molar-refractivity contribution in [1.82, 2.24) is 10.2 Å². The molecule has 4 heteroatoms. The molecule has 1 N–H and O–H groups in total. The molecule has 2 aliphatic rings. The van der Waals surface area contributed by atoms with E-state index in [4.69, 9.17) is 0 Å². The molecule has 1 amide bonds. The summed E-state index contributed by atoms with van der Waals surface area (Å²) in [5.41, 5.74) is 1.67. The number of rotatable bonds is 4. The number of hydrogen-bond donors (Lipinski definition) is 1. The van der Waals surface area contributed by atoms with E-state index in [1.54, 1.807) is 6.07 Å². The van der Waals surface area contributed by atoms with Crippen LogP contribution in [0.15, 0.2) is 35.9 Å². The molecule has 0 saturated carbocycles. The Hall–Kier alpha value is -1.68. The molecule has 0 bridgehead atoms. The molecule has 0 radical (unpaired) electrons. The van der Waals surface area contributed by atoms with Crippen LogP contribution in [0.2, 0.25) is 0 Å². The molecule has 1 aliphatic heterocycles. The van der Waals surface area contributed by atoms with Crippen molar-refractivity contribution in [3.05, 3.63) is 47.3 Å². The van der Waals surface area contributed by atoms with Crippen LogP contribution in [0.3, 0.4) is 0 Å². The lowest BCUT2D eigenvalue weighted by molar-refractivity contribution is -0.118. The molecule has 1 saturated heterocycles. The highest BCUT2D eigenvalue weighted by molar-refractivity contribution is 5.93. The van der Waals surface area contributed by atoms with Crippen molar-refractivity contribution in [3.8, 4) is 0 Å². The maximum atomic E-state index is 13.8. The standard InChI is InChI=1S/C18H23FN2O/c19-17-10-4-3-8-15(17)12-21-11-5-9-16(13-21)20-18(22)14-6-1-2-7-14/h3-4,6,8,10,16H,1-2,5,7,9,11-13H2,(H,20,22). The first kappa shape index (κ1) is 15.2. The van der Waals surface area contributed by atoms with Crippen LogP contribution in [0.4, 0.5) is 4.39 Å². The van der Waals surface area contributed by atoms with Gasteiger partial charge in [0.2, 0.25) is 5.91 Å². The number of likely N-dealkylation sites (tertiary alicyclic amines) is 1. The Morgan fingerprint density at radius 2 is 2.18 bits per heavy atom. The van der Waals surface area contributed by atoms with Crippen molar-refractivity contribution in [1.29, 1.82) is 0 Å². The first-order chi connectivity index (χ1) is 10.7. The van der Waals surface area contributed by atoms with Gasteiger partial charge in [-0.05, 0) is 44.7 Å². The Morgan fingerprint density at radius 1 is 1.32 bits per heavy atom. The first-order valence-electron chi connectivity index (χ1n) is 8.18. The van der Waals surface area contributed by atoms with E-state index in [1.807, 2.05) is 12.1 Å². The molecule has 3 rings (SSSR count). The average molecular weight is 302 g/mol. The lowest BCUT2D eigenvalue weighted by Gasteiger charge is -2.33. The van der Waals surface area contributed by atoms with Crippen LogP contribution < -0.4 is 5.32 Å². The maximum absolute atomic E-state index is 13.8. The van der Waals surface area contributed by atoms with Crippen molar-refractivity contribution in [2.45, 2.75) is 44.7 Å². The lowest BCUT2D eigenvalue weighted by atomic mass is 10.0. The third-order valence-corrected chi connectivity index (χ3v) is 4.53. The predicted octanol–water partition coefficient (Wildman–Crippen LogP) is 3.02. The van der Waals surface area contributed by atoms with E-state index in [1.165, 1.54) is 6.07 Å². The van der Waals surface area contributed by atoms with Gasteiger partial charge in [0.05, 0.1) is 0 Å². The third-order valence-electron chi connectivity index (χ3n) is 4.53. The van der Waals surface area contributed by atoms with Crippen LogP contribution in [0.25, 0.3) is 0 Å². The summed E-state index contributed by atoms with van der Waals surface area (Å²) in [6.45, 7) is 2.37. The molecule has 1 unspecified atom stereocenters. The number of carbonyl (C=O) groups is 1. The molecule has 0 aromatic heterocycles. The van der Waals surface area contributed by atoms with Crippen LogP contribution >= 0.6 is 0 Å². The molecular weight excluding hydrogens is 279 g/mol. The number of benzene rings is 1. The third kappa shape index (κ3) is 3.74. The van der Waals surface area contributed by atoms with E-state index < -0.39 is 0 Å². The second-order valence-electron chi connectivity index (χ2n) is 6.26. The van der Waals surface area contributed by atoms with E-state index in [9.17, 15) is 9.18 Å². The van der Waals surface area contributed by atoms with E-state index in [-0.39, 0.29) is 17.8 Å². The summed E-state index contributed by atoms with van der Waals surface area (Å²) in [7, 11) is 0. The normalized spacial score (nSPS) is 22.4. The highest BCUT2D eigenvalue weighted by Gasteiger charge is 2.23. The van der Waals surface area contributed by atoms with Crippen LogP contribution in [0.1, 0.15) is 37.7 Å². The van der Waals surface area contributed by atoms with E-state index in [0.717, 1.165) is 56.3 Å². The summed E-state index contributed by atoms with van der Waals surface area (Å²) in [4.78, 5) is 14.4. The summed E-state index contributed by atoms with van der Waals surface area (Å²) < 4.78 is 13.8. The molecule has 1 aliphatic carbocycles. The summed E-state index contributed by atoms with van der Waals surface area (Å²) in [5.74, 6) is -0.0555. The molecule has 3 nitrogen and oxygen atoms in total. The monoisotopic (exact) mass is 302 g/mol. The van der Waals surface area contributed by atoms with Crippen LogP contribution in [0.5, 0.6) is 0 Å². The van der Waals surface area contributed by atoms with Gasteiger partial charge in [-0.3, -0.25) is 9.69 Å². The Morgan fingerprint density at radius 3 is 2.95 bits per heavy atom. The van der Waals surface area contributed by atoms with Crippen LogP contribution in [-0.4, -0.2) is 29.9 Å². The van der Waals surface area contributed by atoms with Crippen LogP contribution in [-0.2, 0) is 11.3 Å². The van der Waals surface area contributed by atoms with Gasteiger partial charge in [0, 0.05) is 30.3 Å². The molecule has 22 heavy (non-hydrogen) atoms. The summed E-state index contributed by atoms with van der Waals surface area (Å²) >= 11 is 0. The fourth-order valence-corrected chi connectivity index (χ4v) is 3.34.